The average Bonchev–Trinajstić information content (AvgIpc) is 3.33. The number of aromatic nitrogens is 2. The lowest BCUT2D eigenvalue weighted by Crippen LogP contribution is -2.39. The summed E-state index contributed by atoms with van der Waals surface area (Å²) in [7, 11) is 0. The van der Waals surface area contributed by atoms with Crippen molar-refractivity contribution >= 4 is 44.5 Å². The first-order valence-electron chi connectivity index (χ1n) is 12.0. The van der Waals surface area contributed by atoms with Crippen LogP contribution in [0.3, 0.4) is 0 Å². The Kier molecular flexibility index (Phi) is 7.41. The molecule has 0 bridgehead atoms. The Morgan fingerprint density at radius 2 is 1.71 bits per heavy atom. The fraction of sp³-hybridized carbons (Fsp3) is 0.444. The van der Waals surface area contributed by atoms with Crippen molar-refractivity contribution in [1.29, 1.82) is 0 Å². The summed E-state index contributed by atoms with van der Waals surface area (Å²) in [5.41, 5.74) is 2.66. The Bertz CT molecular complexity index is 1180. The molecule has 0 saturated carbocycles. The molecule has 1 atom stereocenters. The molecule has 0 spiro atoms. The zero-order valence-corrected chi connectivity index (χ0v) is 22.0. The predicted octanol–water partition coefficient (Wildman–Crippen LogP) is 5.46. The molecule has 180 valence electrons. The molecule has 0 radical (unpaired) electrons. The normalized spacial score (nSPS) is 16.3. The summed E-state index contributed by atoms with van der Waals surface area (Å²) in [5, 5.41) is 0. The number of nitrogens with zero attached hydrogens (tertiary/aromatic N) is 4. The average molecular weight is 525 g/mol. The summed E-state index contributed by atoms with van der Waals surface area (Å²) >= 11 is 3.58. The van der Waals surface area contributed by atoms with E-state index in [1.54, 1.807) is 0 Å². The summed E-state index contributed by atoms with van der Waals surface area (Å²) in [5.74, 6) is 1.69. The number of carbonyl (C=O) groups is 2. The highest BCUT2D eigenvalue weighted by Gasteiger charge is 2.36. The zero-order chi connectivity index (χ0) is 24.4. The second kappa shape index (κ2) is 10.3. The summed E-state index contributed by atoms with van der Waals surface area (Å²) in [6.45, 7) is 10.8. The van der Waals surface area contributed by atoms with Crippen LogP contribution >= 0.6 is 15.9 Å². The number of hydrogen-bond acceptors (Lipinski definition) is 3. The van der Waals surface area contributed by atoms with Crippen LogP contribution in [0.5, 0.6) is 0 Å². The maximum Gasteiger partial charge on any atom is 0.242 e. The molecule has 4 rings (SSSR count). The maximum absolute atomic E-state index is 13.5. The number of amides is 2. The number of halogens is 1. The van der Waals surface area contributed by atoms with Crippen LogP contribution in [0.2, 0.25) is 0 Å². The second-order valence-corrected chi connectivity index (χ2v) is 10.8. The van der Waals surface area contributed by atoms with E-state index in [1.807, 2.05) is 62.9 Å². The molecular formula is C27H33BrN4O2. The Morgan fingerprint density at radius 1 is 1.06 bits per heavy atom. The van der Waals surface area contributed by atoms with E-state index in [9.17, 15) is 9.59 Å². The molecule has 1 unspecified atom stereocenters. The number of para-hydroxylation sites is 3. The summed E-state index contributed by atoms with van der Waals surface area (Å²) in [6.07, 6.45) is 0.376. The van der Waals surface area contributed by atoms with Crippen LogP contribution < -0.4 is 4.90 Å². The minimum Gasteiger partial charge on any atom is -0.341 e. The van der Waals surface area contributed by atoms with Crippen molar-refractivity contribution < 1.29 is 9.59 Å². The first-order chi connectivity index (χ1) is 16.2. The van der Waals surface area contributed by atoms with Gasteiger partial charge in [0, 0.05) is 36.4 Å². The number of fused-ring (bicyclic) bond motifs is 1. The van der Waals surface area contributed by atoms with Crippen LogP contribution in [0, 0.1) is 11.8 Å². The van der Waals surface area contributed by atoms with E-state index in [2.05, 4.69) is 43.6 Å². The molecule has 2 amide bonds. The molecule has 2 aromatic carbocycles. The number of carbonyl (C=O) groups excluding carboxylic acids is 2. The lowest BCUT2D eigenvalue weighted by molar-refractivity contribution is -0.132. The fourth-order valence-corrected chi connectivity index (χ4v) is 5.25. The summed E-state index contributed by atoms with van der Waals surface area (Å²) in [4.78, 5) is 35.2. The highest BCUT2D eigenvalue weighted by atomic mass is 79.9. The van der Waals surface area contributed by atoms with Gasteiger partial charge in [-0.25, -0.2) is 4.98 Å². The Balaban J connectivity index is 1.66. The van der Waals surface area contributed by atoms with Gasteiger partial charge in [-0.15, -0.1) is 0 Å². The van der Waals surface area contributed by atoms with Crippen LogP contribution in [-0.4, -0.2) is 45.9 Å². The number of hydrogen-bond donors (Lipinski definition) is 0. The van der Waals surface area contributed by atoms with Crippen molar-refractivity contribution in [1.82, 2.24) is 14.5 Å². The highest BCUT2D eigenvalue weighted by molar-refractivity contribution is 9.10. The predicted molar refractivity (Wildman–Crippen MR) is 140 cm³/mol. The van der Waals surface area contributed by atoms with Gasteiger partial charge in [0.1, 0.15) is 12.4 Å². The lowest BCUT2D eigenvalue weighted by Gasteiger charge is -2.27. The van der Waals surface area contributed by atoms with Crippen molar-refractivity contribution in [3.05, 3.63) is 58.8 Å². The van der Waals surface area contributed by atoms with E-state index in [-0.39, 0.29) is 24.3 Å². The van der Waals surface area contributed by atoms with Crippen molar-refractivity contribution in [2.45, 2.75) is 46.6 Å². The maximum atomic E-state index is 13.5. The SMILES string of the molecule is CC(C)CN(CC(C)C)C(=O)Cn1c(C2CC(=O)N(c3ccccc3Br)C2)nc2ccccc21. The van der Waals surface area contributed by atoms with Crippen LogP contribution in [0.4, 0.5) is 5.69 Å². The molecule has 34 heavy (non-hydrogen) atoms. The van der Waals surface area contributed by atoms with Crippen LogP contribution in [-0.2, 0) is 16.1 Å². The fourth-order valence-electron chi connectivity index (χ4n) is 4.75. The van der Waals surface area contributed by atoms with Gasteiger partial charge in [-0.3, -0.25) is 9.59 Å². The number of imidazole rings is 1. The monoisotopic (exact) mass is 524 g/mol. The molecule has 1 fully saturated rings. The van der Waals surface area contributed by atoms with Crippen molar-refractivity contribution in [2.24, 2.45) is 11.8 Å². The van der Waals surface area contributed by atoms with Gasteiger partial charge in [0.05, 0.1) is 16.7 Å². The molecular weight excluding hydrogens is 492 g/mol. The largest absolute Gasteiger partial charge is 0.341 e. The molecule has 7 heteroatoms. The number of anilines is 1. The van der Waals surface area contributed by atoms with E-state index in [0.717, 1.165) is 40.1 Å². The third-order valence-electron chi connectivity index (χ3n) is 6.13. The topological polar surface area (TPSA) is 58.4 Å². The first-order valence-corrected chi connectivity index (χ1v) is 12.8. The second-order valence-electron chi connectivity index (χ2n) is 9.99. The van der Waals surface area contributed by atoms with E-state index in [4.69, 9.17) is 4.98 Å². The third kappa shape index (κ3) is 5.19. The zero-order valence-electron chi connectivity index (χ0n) is 20.4. The molecule has 3 aromatic rings. The molecule has 1 aromatic heterocycles. The molecule has 6 nitrogen and oxygen atoms in total. The quantitative estimate of drug-likeness (QED) is 0.393. The number of rotatable bonds is 8. The Hall–Kier alpha value is -2.67. The first kappa shape index (κ1) is 24.5. The minimum atomic E-state index is -0.0801. The summed E-state index contributed by atoms with van der Waals surface area (Å²) in [6, 6.07) is 15.7. The molecule has 2 heterocycles. The van der Waals surface area contributed by atoms with Gasteiger partial charge < -0.3 is 14.4 Å². The minimum absolute atomic E-state index is 0.0723. The Labute approximate surface area is 210 Å². The molecule has 0 aliphatic carbocycles. The van der Waals surface area contributed by atoms with E-state index in [1.165, 1.54) is 0 Å². The van der Waals surface area contributed by atoms with Gasteiger partial charge in [-0.2, -0.15) is 0 Å². The van der Waals surface area contributed by atoms with Gasteiger partial charge in [-0.05, 0) is 52.0 Å². The summed E-state index contributed by atoms with van der Waals surface area (Å²) < 4.78 is 2.93. The van der Waals surface area contributed by atoms with Gasteiger partial charge in [0.25, 0.3) is 0 Å². The van der Waals surface area contributed by atoms with Crippen molar-refractivity contribution in [3.8, 4) is 0 Å². The third-order valence-corrected chi connectivity index (χ3v) is 6.81. The molecule has 1 aliphatic rings. The van der Waals surface area contributed by atoms with Crippen molar-refractivity contribution in [3.63, 3.8) is 0 Å². The van der Waals surface area contributed by atoms with Gasteiger partial charge >= 0.3 is 0 Å². The lowest BCUT2D eigenvalue weighted by atomic mass is 10.1. The van der Waals surface area contributed by atoms with Gasteiger partial charge in [0.2, 0.25) is 11.8 Å². The molecule has 1 aliphatic heterocycles. The van der Waals surface area contributed by atoms with Crippen LogP contribution in [0.15, 0.2) is 53.0 Å². The van der Waals surface area contributed by atoms with Crippen LogP contribution in [0.25, 0.3) is 11.0 Å². The smallest absolute Gasteiger partial charge is 0.242 e. The Morgan fingerprint density at radius 3 is 2.38 bits per heavy atom. The standard InChI is InChI=1S/C27H33BrN4O2/c1-18(2)14-30(15-19(3)4)26(34)17-32-24-12-8-6-10-22(24)29-27(32)20-13-25(33)31(16-20)23-11-7-5-9-21(23)28/h5-12,18-20H,13-17H2,1-4H3. The van der Waals surface area contributed by atoms with Crippen molar-refractivity contribution in [2.75, 3.05) is 24.5 Å². The van der Waals surface area contributed by atoms with E-state index in [0.29, 0.717) is 24.8 Å². The highest BCUT2D eigenvalue weighted by Crippen LogP contribution is 2.36. The van der Waals surface area contributed by atoms with Gasteiger partial charge in [-0.1, -0.05) is 52.0 Å². The van der Waals surface area contributed by atoms with E-state index < -0.39 is 0 Å². The van der Waals surface area contributed by atoms with E-state index >= 15 is 0 Å². The van der Waals surface area contributed by atoms with Gasteiger partial charge in [0.15, 0.2) is 0 Å². The molecule has 0 N–H and O–H groups in total. The molecule has 1 saturated heterocycles. The number of benzene rings is 2. The van der Waals surface area contributed by atoms with Crippen LogP contribution in [0.1, 0.15) is 45.9 Å².